The standard InChI is InChI=1S/C31H33N5/c1-3-9-28-27(18-13-22(2)23-10-5-4-6-11-23)35-30(26-12-7-21-34-29(26)32)36(28)25-16-14-24(15-17-25)31(33)19-8-20-31/h4-7,9-18,21H,3,8,19-20,33H2,1-2H3,(H2,32,34)/b22-13+,27-18+,28-9-. The Labute approximate surface area is 212 Å². The molecule has 2 aromatic heterocycles. The second kappa shape index (κ2) is 9.96. The molecule has 5 nitrogen and oxygen atoms in total. The number of benzene rings is 2. The molecule has 1 saturated carbocycles. The van der Waals surface area contributed by atoms with Crippen molar-refractivity contribution in [3.63, 3.8) is 0 Å². The van der Waals surface area contributed by atoms with Crippen molar-refractivity contribution in [2.45, 2.75) is 45.1 Å². The van der Waals surface area contributed by atoms with Crippen molar-refractivity contribution in [2.75, 3.05) is 5.73 Å². The lowest BCUT2D eigenvalue weighted by Gasteiger charge is -2.38. The molecule has 1 fully saturated rings. The molecule has 0 atom stereocenters. The van der Waals surface area contributed by atoms with Crippen molar-refractivity contribution in [1.82, 2.24) is 14.5 Å². The summed E-state index contributed by atoms with van der Waals surface area (Å²) in [7, 11) is 0. The molecule has 0 spiro atoms. The highest BCUT2D eigenvalue weighted by molar-refractivity contribution is 5.72. The SMILES string of the molecule is CC/C=c1/c(=C\C=C(/C)c2ccccc2)nc(-c2cccnc2N)n1-c1ccc(C2(N)CCC2)cc1. The number of hydrogen-bond acceptors (Lipinski definition) is 4. The maximum atomic E-state index is 6.59. The van der Waals surface area contributed by atoms with Crippen LogP contribution in [0.3, 0.4) is 0 Å². The van der Waals surface area contributed by atoms with Gasteiger partial charge in [0.15, 0.2) is 0 Å². The summed E-state index contributed by atoms with van der Waals surface area (Å²) in [6, 6.07) is 22.8. The van der Waals surface area contributed by atoms with Crippen LogP contribution >= 0.6 is 0 Å². The molecule has 4 aromatic rings. The van der Waals surface area contributed by atoms with Crippen LogP contribution in [0.4, 0.5) is 5.82 Å². The summed E-state index contributed by atoms with van der Waals surface area (Å²) in [6.45, 7) is 4.26. The second-order valence-corrected chi connectivity index (χ2v) is 9.53. The molecule has 0 radical (unpaired) electrons. The highest BCUT2D eigenvalue weighted by Gasteiger charge is 2.34. The predicted molar refractivity (Wildman–Crippen MR) is 149 cm³/mol. The molecule has 0 unspecified atom stereocenters. The van der Waals surface area contributed by atoms with E-state index in [9.17, 15) is 0 Å². The minimum atomic E-state index is -0.193. The summed E-state index contributed by atoms with van der Waals surface area (Å²) in [5, 5.41) is 1.93. The minimum absolute atomic E-state index is 0.193. The van der Waals surface area contributed by atoms with E-state index in [1.54, 1.807) is 6.20 Å². The Morgan fingerprint density at radius 2 is 1.78 bits per heavy atom. The van der Waals surface area contributed by atoms with Crippen LogP contribution in [-0.4, -0.2) is 14.5 Å². The smallest absolute Gasteiger partial charge is 0.149 e. The second-order valence-electron chi connectivity index (χ2n) is 9.53. The average molecular weight is 476 g/mol. The molecule has 0 aliphatic heterocycles. The molecular weight excluding hydrogens is 442 g/mol. The van der Waals surface area contributed by atoms with Crippen molar-refractivity contribution in [3.05, 3.63) is 101 Å². The van der Waals surface area contributed by atoms with Gasteiger partial charge >= 0.3 is 0 Å². The number of nitrogens with two attached hydrogens (primary N) is 2. The Bertz CT molecular complexity index is 1510. The van der Waals surface area contributed by atoms with Gasteiger partial charge in [0, 0.05) is 17.4 Å². The van der Waals surface area contributed by atoms with E-state index in [4.69, 9.17) is 16.5 Å². The van der Waals surface area contributed by atoms with E-state index >= 15 is 0 Å². The summed E-state index contributed by atoms with van der Waals surface area (Å²) in [6.07, 6.45) is 12.3. The lowest BCUT2D eigenvalue weighted by atomic mass is 9.73. The molecular formula is C31H33N5. The largest absolute Gasteiger partial charge is 0.383 e. The molecule has 0 amide bonds. The van der Waals surface area contributed by atoms with E-state index in [0.29, 0.717) is 5.82 Å². The third-order valence-electron chi connectivity index (χ3n) is 7.08. The molecule has 0 saturated heterocycles. The van der Waals surface area contributed by atoms with Crippen LogP contribution in [0.1, 0.15) is 50.7 Å². The maximum Gasteiger partial charge on any atom is 0.149 e. The van der Waals surface area contributed by atoms with Crippen LogP contribution in [0.25, 0.3) is 34.8 Å². The normalized spacial score (nSPS) is 16.2. The Balaban J connectivity index is 1.71. The minimum Gasteiger partial charge on any atom is -0.383 e. The molecule has 1 aliphatic carbocycles. The fraction of sp³-hybridized carbons (Fsp3) is 0.226. The van der Waals surface area contributed by atoms with E-state index in [2.05, 4.69) is 90.2 Å². The van der Waals surface area contributed by atoms with Crippen molar-refractivity contribution < 1.29 is 0 Å². The zero-order valence-corrected chi connectivity index (χ0v) is 21.0. The van der Waals surface area contributed by atoms with Crippen LogP contribution in [-0.2, 0) is 5.54 Å². The number of rotatable bonds is 6. The molecule has 2 heterocycles. The molecule has 1 aliphatic rings. The first kappa shape index (κ1) is 23.8. The third kappa shape index (κ3) is 4.50. The average Bonchev–Trinajstić information content (AvgIpc) is 3.24. The van der Waals surface area contributed by atoms with Crippen molar-refractivity contribution in [1.29, 1.82) is 0 Å². The fourth-order valence-corrected chi connectivity index (χ4v) is 4.80. The third-order valence-corrected chi connectivity index (χ3v) is 7.08. The lowest BCUT2D eigenvalue weighted by Crippen LogP contribution is -2.43. The Morgan fingerprint density at radius 3 is 2.42 bits per heavy atom. The summed E-state index contributed by atoms with van der Waals surface area (Å²) >= 11 is 0. The number of nitrogen functional groups attached to an aromatic ring is 1. The molecule has 4 N–H and O–H groups in total. The van der Waals surface area contributed by atoms with Gasteiger partial charge in [-0.3, -0.25) is 4.57 Å². The number of aromatic nitrogens is 3. The number of nitrogens with zero attached hydrogens (tertiary/aromatic N) is 3. The molecule has 5 heteroatoms. The zero-order chi connectivity index (χ0) is 25.1. The van der Waals surface area contributed by atoms with E-state index in [0.717, 1.165) is 47.0 Å². The Kier molecular flexibility index (Phi) is 6.57. The van der Waals surface area contributed by atoms with Gasteiger partial charge in [-0.15, -0.1) is 0 Å². The molecule has 5 rings (SSSR count). The topological polar surface area (TPSA) is 82.8 Å². The molecule has 36 heavy (non-hydrogen) atoms. The Hall–Kier alpha value is -3.96. The van der Waals surface area contributed by atoms with Gasteiger partial charge in [0.05, 0.1) is 16.3 Å². The quantitative estimate of drug-likeness (QED) is 0.414. The summed E-state index contributed by atoms with van der Waals surface area (Å²) < 4.78 is 2.18. The van der Waals surface area contributed by atoms with Crippen LogP contribution in [0.5, 0.6) is 0 Å². The molecule has 182 valence electrons. The van der Waals surface area contributed by atoms with E-state index in [1.807, 2.05) is 18.2 Å². The summed E-state index contributed by atoms with van der Waals surface area (Å²) in [4.78, 5) is 9.42. The van der Waals surface area contributed by atoms with E-state index < -0.39 is 0 Å². The van der Waals surface area contributed by atoms with Gasteiger partial charge in [-0.25, -0.2) is 9.97 Å². The monoisotopic (exact) mass is 475 g/mol. The number of imidazole rings is 1. The van der Waals surface area contributed by atoms with Crippen LogP contribution in [0.15, 0.2) is 79.0 Å². The predicted octanol–water partition coefficient (Wildman–Crippen LogP) is 4.93. The summed E-state index contributed by atoms with van der Waals surface area (Å²) in [5.74, 6) is 1.23. The number of allylic oxidation sites excluding steroid dienone is 2. The van der Waals surface area contributed by atoms with Crippen LogP contribution < -0.4 is 22.2 Å². The van der Waals surface area contributed by atoms with E-state index in [1.165, 1.54) is 23.1 Å². The van der Waals surface area contributed by atoms with Gasteiger partial charge in [-0.05, 0) is 79.6 Å². The lowest BCUT2D eigenvalue weighted by molar-refractivity contribution is 0.253. The number of pyridine rings is 1. The van der Waals surface area contributed by atoms with E-state index in [-0.39, 0.29) is 5.54 Å². The van der Waals surface area contributed by atoms with Gasteiger partial charge in [-0.1, -0.05) is 61.5 Å². The van der Waals surface area contributed by atoms with Gasteiger partial charge in [0.1, 0.15) is 11.6 Å². The van der Waals surface area contributed by atoms with Gasteiger partial charge in [0.2, 0.25) is 0 Å². The summed E-state index contributed by atoms with van der Waals surface area (Å²) in [5.41, 5.74) is 18.1. The maximum absolute atomic E-state index is 6.59. The van der Waals surface area contributed by atoms with Crippen molar-refractivity contribution in [3.8, 4) is 17.1 Å². The highest BCUT2D eigenvalue weighted by atomic mass is 15.1. The van der Waals surface area contributed by atoms with Crippen molar-refractivity contribution in [2.24, 2.45) is 5.73 Å². The van der Waals surface area contributed by atoms with Gasteiger partial charge < -0.3 is 11.5 Å². The molecule has 0 bridgehead atoms. The van der Waals surface area contributed by atoms with Crippen LogP contribution in [0.2, 0.25) is 0 Å². The first-order chi connectivity index (χ1) is 17.5. The van der Waals surface area contributed by atoms with Crippen LogP contribution in [0, 0.1) is 0 Å². The zero-order valence-electron chi connectivity index (χ0n) is 21.0. The number of hydrogen-bond donors (Lipinski definition) is 2. The van der Waals surface area contributed by atoms with Gasteiger partial charge in [-0.2, -0.15) is 0 Å². The number of anilines is 1. The van der Waals surface area contributed by atoms with Gasteiger partial charge in [0.25, 0.3) is 0 Å². The highest BCUT2D eigenvalue weighted by Crippen LogP contribution is 2.38. The first-order valence-electron chi connectivity index (χ1n) is 12.6. The first-order valence-corrected chi connectivity index (χ1v) is 12.6. The fourth-order valence-electron chi connectivity index (χ4n) is 4.80. The van der Waals surface area contributed by atoms with Crippen molar-refractivity contribution >= 4 is 23.5 Å². The molecule has 2 aromatic carbocycles. The Morgan fingerprint density at radius 1 is 1.03 bits per heavy atom.